The SMILES string of the molecule is CCOC(=O)CC(C)c1cccc(Br)c1. The van der Waals surface area contributed by atoms with Gasteiger partial charge < -0.3 is 4.74 Å². The molecule has 1 aromatic rings. The van der Waals surface area contributed by atoms with Gasteiger partial charge in [0.05, 0.1) is 13.0 Å². The van der Waals surface area contributed by atoms with E-state index in [2.05, 4.69) is 15.9 Å². The molecule has 0 bridgehead atoms. The molecule has 0 N–H and O–H groups in total. The summed E-state index contributed by atoms with van der Waals surface area (Å²) < 4.78 is 5.95. The molecule has 1 unspecified atom stereocenters. The predicted octanol–water partition coefficient (Wildman–Crippen LogP) is 3.51. The van der Waals surface area contributed by atoms with Crippen LogP contribution in [-0.2, 0) is 9.53 Å². The molecule has 0 aliphatic carbocycles. The summed E-state index contributed by atoms with van der Waals surface area (Å²) in [6.45, 7) is 4.30. The van der Waals surface area contributed by atoms with E-state index in [4.69, 9.17) is 4.74 Å². The minimum Gasteiger partial charge on any atom is -0.466 e. The Labute approximate surface area is 98.8 Å². The first-order chi connectivity index (χ1) is 7.13. The molecule has 0 aliphatic heterocycles. The van der Waals surface area contributed by atoms with Crippen LogP contribution in [-0.4, -0.2) is 12.6 Å². The van der Waals surface area contributed by atoms with Crippen molar-refractivity contribution < 1.29 is 9.53 Å². The molecule has 15 heavy (non-hydrogen) atoms. The van der Waals surface area contributed by atoms with Gasteiger partial charge in [-0.05, 0) is 30.5 Å². The fraction of sp³-hybridized carbons (Fsp3) is 0.417. The van der Waals surface area contributed by atoms with Crippen LogP contribution < -0.4 is 0 Å². The Morgan fingerprint density at radius 1 is 1.53 bits per heavy atom. The van der Waals surface area contributed by atoms with Crippen molar-refractivity contribution in [3.8, 4) is 0 Å². The van der Waals surface area contributed by atoms with Crippen LogP contribution in [0.5, 0.6) is 0 Å². The third-order valence-electron chi connectivity index (χ3n) is 2.20. The third kappa shape index (κ3) is 4.04. The maximum absolute atomic E-state index is 11.3. The van der Waals surface area contributed by atoms with Crippen molar-refractivity contribution in [2.75, 3.05) is 6.61 Å². The molecule has 1 atom stereocenters. The van der Waals surface area contributed by atoms with E-state index in [1.54, 1.807) is 0 Å². The van der Waals surface area contributed by atoms with Gasteiger partial charge in [0.2, 0.25) is 0 Å². The van der Waals surface area contributed by atoms with Crippen molar-refractivity contribution in [2.24, 2.45) is 0 Å². The lowest BCUT2D eigenvalue weighted by atomic mass is 9.98. The van der Waals surface area contributed by atoms with Gasteiger partial charge in [-0.2, -0.15) is 0 Å². The normalized spacial score (nSPS) is 12.2. The maximum atomic E-state index is 11.3. The van der Waals surface area contributed by atoms with Crippen molar-refractivity contribution in [3.63, 3.8) is 0 Å². The van der Waals surface area contributed by atoms with Gasteiger partial charge in [-0.3, -0.25) is 4.79 Å². The van der Waals surface area contributed by atoms with Gasteiger partial charge in [-0.15, -0.1) is 0 Å². The Kier molecular flexibility index (Phi) is 4.82. The zero-order valence-electron chi connectivity index (χ0n) is 9.00. The summed E-state index contributed by atoms with van der Waals surface area (Å²) in [6, 6.07) is 8.00. The van der Waals surface area contributed by atoms with Gasteiger partial charge in [0.25, 0.3) is 0 Å². The Morgan fingerprint density at radius 2 is 2.27 bits per heavy atom. The van der Waals surface area contributed by atoms with Crippen molar-refractivity contribution in [1.29, 1.82) is 0 Å². The van der Waals surface area contributed by atoms with Crippen LogP contribution in [0.2, 0.25) is 0 Å². The zero-order valence-corrected chi connectivity index (χ0v) is 10.6. The van der Waals surface area contributed by atoms with Crippen molar-refractivity contribution in [3.05, 3.63) is 34.3 Å². The van der Waals surface area contributed by atoms with Crippen LogP contribution in [0.3, 0.4) is 0 Å². The molecule has 82 valence electrons. The Balaban J connectivity index is 2.60. The quantitative estimate of drug-likeness (QED) is 0.783. The first kappa shape index (κ1) is 12.2. The second-order valence-corrected chi connectivity index (χ2v) is 4.38. The highest BCUT2D eigenvalue weighted by Crippen LogP contribution is 2.22. The number of ether oxygens (including phenoxy) is 1. The van der Waals surface area contributed by atoms with E-state index >= 15 is 0 Å². The number of carbonyl (C=O) groups is 1. The zero-order chi connectivity index (χ0) is 11.3. The fourth-order valence-corrected chi connectivity index (χ4v) is 1.82. The van der Waals surface area contributed by atoms with E-state index < -0.39 is 0 Å². The van der Waals surface area contributed by atoms with Gasteiger partial charge in [0.1, 0.15) is 0 Å². The Hall–Kier alpha value is -0.830. The molecule has 0 aliphatic rings. The third-order valence-corrected chi connectivity index (χ3v) is 2.69. The molecule has 1 aromatic carbocycles. The highest BCUT2D eigenvalue weighted by Gasteiger charge is 2.11. The number of benzene rings is 1. The summed E-state index contributed by atoms with van der Waals surface area (Å²) >= 11 is 3.41. The van der Waals surface area contributed by atoms with E-state index in [0.29, 0.717) is 13.0 Å². The second-order valence-electron chi connectivity index (χ2n) is 3.47. The molecule has 3 heteroatoms. The second kappa shape index (κ2) is 5.91. The lowest BCUT2D eigenvalue weighted by molar-refractivity contribution is -0.143. The Bertz CT molecular complexity index is 336. The molecule has 1 rings (SSSR count). The van der Waals surface area contributed by atoms with Crippen LogP contribution in [0, 0.1) is 0 Å². The van der Waals surface area contributed by atoms with Crippen molar-refractivity contribution in [1.82, 2.24) is 0 Å². The summed E-state index contributed by atoms with van der Waals surface area (Å²) in [5.74, 6) is 0.0616. The van der Waals surface area contributed by atoms with Gasteiger partial charge in [0.15, 0.2) is 0 Å². The van der Waals surface area contributed by atoms with Gasteiger partial charge in [-0.25, -0.2) is 0 Å². The molecule has 0 heterocycles. The van der Waals surface area contributed by atoms with Crippen molar-refractivity contribution in [2.45, 2.75) is 26.2 Å². The van der Waals surface area contributed by atoms with Gasteiger partial charge in [-0.1, -0.05) is 35.0 Å². The highest BCUT2D eigenvalue weighted by atomic mass is 79.9. The van der Waals surface area contributed by atoms with Crippen LogP contribution in [0.15, 0.2) is 28.7 Å². The summed E-state index contributed by atoms with van der Waals surface area (Å²) in [5.41, 5.74) is 1.15. The fourth-order valence-electron chi connectivity index (χ4n) is 1.40. The molecular weight excluding hydrogens is 256 g/mol. The number of hydrogen-bond acceptors (Lipinski definition) is 2. The van der Waals surface area contributed by atoms with Gasteiger partial charge >= 0.3 is 5.97 Å². The standard InChI is InChI=1S/C12H15BrO2/c1-3-15-12(14)7-9(2)10-5-4-6-11(13)8-10/h4-6,8-9H,3,7H2,1-2H3. The number of carbonyl (C=O) groups excluding carboxylic acids is 1. The summed E-state index contributed by atoms with van der Waals surface area (Å²) in [5, 5.41) is 0. The lowest BCUT2D eigenvalue weighted by Gasteiger charge is -2.11. The van der Waals surface area contributed by atoms with Crippen LogP contribution in [0.4, 0.5) is 0 Å². The van der Waals surface area contributed by atoms with Crippen LogP contribution in [0.1, 0.15) is 31.7 Å². The van der Waals surface area contributed by atoms with E-state index in [0.717, 1.165) is 10.0 Å². The molecule has 2 nitrogen and oxygen atoms in total. The van der Waals surface area contributed by atoms with Crippen LogP contribution >= 0.6 is 15.9 Å². The predicted molar refractivity (Wildman–Crippen MR) is 63.8 cm³/mol. The minimum atomic E-state index is -0.134. The van der Waals surface area contributed by atoms with Crippen LogP contribution in [0.25, 0.3) is 0 Å². The molecule has 0 saturated heterocycles. The number of rotatable bonds is 4. The Morgan fingerprint density at radius 3 is 2.87 bits per heavy atom. The van der Waals surface area contributed by atoms with Crippen molar-refractivity contribution >= 4 is 21.9 Å². The first-order valence-electron chi connectivity index (χ1n) is 5.04. The number of halogens is 1. The molecule has 0 fully saturated rings. The van der Waals surface area contributed by atoms with E-state index in [-0.39, 0.29) is 11.9 Å². The molecular formula is C12H15BrO2. The monoisotopic (exact) mass is 270 g/mol. The maximum Gasteiger partial charge on any atom is 0.306 e. The average Bonchev–Trinajstić information content (AvgIpc) is 2.18. The average molecular weight is 271 g/mol. The van der Waals surface area contributed by atoms with E-state index in [1.165, 1.54) is 0 Å². The smallest absolute Gasteiger partial charge is 0.306 e. The molecule has 0 saturated carbocycles. The molecule has 0 radical (unpaired) electrons. The number of esters is 1. The molecule has 0 spiro atoms. The topological polar surface area (TPSA) is 26.3 Å². The summed E-state index contributed by atoms with van der Waals surface area (Å²) in [6.07, 6.45) is 0.435. The largest absolute Gasteiger partial charge is 0.466 e. The minimum absolute atomic E-state index is 0.134. The highest BCUT2D eigenvalue weighted by molar-refractivity contribution is 9.10. The number of hydrogen-bond donors (Lipinski definition) is 0. The van der Waals surface area contributed by atoms with E-state index in [1.807, 2.05) is 38.1 Å². The van der Waals surface area contributed by atoms with Gasteiger partial charge in [0, 0.05) is 4.47 Å². The summed E-state index contributed by atoms with van der Waals surface area (Å²) in [7, 11) is 0. The lowest BCUT2D eigenvalue weighted by Crippen LogP contribution is -2.08. The first-order valence-corrected chi connectivity index (χ1v) is 5.84. The molecule has 0 amide bonds. The summed E-state index contributed by atoms with van der Waals surface area (Å²) in [4.78, 5) is 11.3. The van der Waals surface area contributed by atoms with E-state index in [9.17, 15) is 4.79 Å². The molecule has 0 aromatic heterocycles.